The van der Waals surface area contributed by atoms with Gasteiger partial charge in [0.1, 0.15) is 0 Å². The number of hydrogen-bond acceptors (Lipinski definition) is 6. The molecule has 0 unspecified atom stereocenters. The number of benzene rings is 1. The van der Waals surface area contributed by atoms with E-state index in [1.165, 1.54) is 17.9 Å². The minimum absolute atomic E-state index is 0.116. The third-order valence-corrected chi connectivity index (χ3v) is 6.35. The summed E-state index contributed by atoms with van der Waals surface area (Å²) < 4.78 is 6.07. The number of aryl methyl sites for hydroxylation is 2. The maximum Gasteiger partial charge on any atom is 0.332 e. The van der Waals surface area contributed by atoms with Crippen LogP contribution < -0.4 is 16.6 Å². The van der Waals surface area contributed by atoms with Crippen molar-refractivity contribution in [2.45, 2.75) is 19.4 Å². The highest BCUT2D eigenvalue weighted by Gasteiger charge is 2.14. The Hall–Kier alpha value is -3.99. The Balaban J connectivity index is 1.21. The van der Waals surface area contributed by atoms with Gasteiger partial charge in [-0.25, -0.2) is 14.8 Å². The highest BCUT2D eigenvalue weighted by Crippen LogP contribution is 2.23. The molecule has 11 heteroatoms. The van der Waals surface area contributed by atoms with Crippen LogP contribution >= 0.6 is 11.3 Å². The molecule has 0 saturated heterocycles. The molecule has 5 aromatic rings. The van der Waals surface area contributed by atoms with Gasteiger partial charge >= 0.3 is 5.69 Å². The van der Waals surface area contributed by atoms with Gasteiger partial charge in [-0.05, 0) is 18.6 Å². The van der Waals surface area contributed by atoms with Gasteiger partial charge in [0.15, 0.2) is 16.1 Å². The number of imidazole rings is 2. The first kappa shape index (κ1) is 20.9. The molecule has 1 N–H and O–H groups in total. The van der Waals surface area contributed by atoms with Gasteiger partial charge in [-0.3, -0.25) is 23.1 Å². The molecule has 10 nitrogen and oxygen atoms in total. The van der Waals surface area contributed by atoms with E-state index >= 15 is 0 Å². The number of anilines is 1. The average Bonchev–Trinajstić information content (AvgIpc) is 3.52. The second kappa shape index (κ2) is 8.17. The summed E-state index contributed by atoms with van der Waals surface area (Å²) in [7, 11) is 3.02. The minimum Gasteiger partial charge on any atom is -0.326 e. The molecule has 0 aliphatic rings. The highest BCUT2D eigenvalue weighted by molar-refractivity contribution is 7.15. The molecule has 5 rings (SSSR count). The van der Waals surface area contributed by atoms with Crippen molar-refractivity contribution in [3.05, 3.63) is 69.2 Å². The van der Waals surface area contributed by atoms with Crippen molar-refractivity contribution in [1.82, 2.24) is 28.1 Å². The molecule has 4 aromatic heterocycles. The minimum atomic E-state index is -0.420. The third-order valence-electron chi connectivity index (χ3n) is 5.58. The van der Waals surface area contributed by atoms with Crippen LogP contribution in [0.5, 0.6) is 0 Å². The number of fused-ring (bicyclic) bond motifs is 2. The first-order chi connectivity index (χ1) is 15.9. The van der Waals surface area contributed by atoms with Crippen LogP contribution in [0.1, 0.15) is 12.8 Å². The molecule has 168 valence electrons. The zero-order valence-corrected chi connectivity index (χ0v) is 18.9. The lowest BCUT2D eigenvalue weighted by molar-refractivity contribution is -0.116. The Kier molecular flexibility index (Phi) is 5.17. The molecule has 0 atom stereocenters. The Morgan fingerprint density at radius 2 is 1.91 bits per heavy atom. The van der Waals surface area contributed by atoms with Gasteiger partial charge in [-0.15, -0.1) is 11.3 Å². The van der Waals surface area contributed by atoms with E-state index in [9.17, 15) is 14.4 Å². The largest absolute Gasteiger partial charge is 0.332 e. The van der Waals surface area contributed by atoms with Crippen molar-refractivity contribution in [2.75, 3.05) is 5.32 Å². The van der Waals surface area contributed by atoms with E-state index in [2.05, 4.69) is 15.3 Å². The molecular weight excluding hydrogens is 442 g/mol. The fourth-order valence-electron chi connectivity index (χ4n) is 3.79. The summed E-state index contributed by atoms with van der Waals surface area (Å²) in [5.74, 6) is -0.116. The summed E-state index contributed by atoms with van der Waals surface area (Å²) in [4.78, 5) is 46.7. The Bertz CT molecular complexity index is 1570. The van der Waals surface area contributed by atoms with E-state index in [-0.39, 0.29) is 12.3 Å². The summed E-state index contributed by atoms with van der Waals surface area (Å²) in [6.45, 7) is 0.438. The number of nitrogens with zero attached hydrogens (tertiary/aromatic N) is 6. The second-order valence-electron chi connectivity index (χ2n) is 7.76. The van der Waals surface area contributed by atoms with Crippen LogP contribution in [0.2, 0.25) is 0 Å². The van der Waals surface area contributed by atoms with Gasteiger partial charge in [0, 0.05) is 56.1 Å². The van der Waals surface area contributed by atoms with Gasteiger partial charge in [0.05, 0.1) is 12.0 Å². The molecule has 33 heavy (non-hydrogen) atoms. The van der Waals surface area contributed by atoms with Gasteiger partial charge in [-0.1, -0.05) is 12.1 Å². The average molecular weight is 464 g/mol. The van der Waals surface area contributed by atoms with E-state index in [0.717, 1.165) is 20.8 Å². The molecule has 0 bridgehead atoms. The fraction of sp³-hybridized carbons (Fsp3) is 0.227. The van der Waals surface area contributed by atoms with Gasteiger partial charge in [0.2, 0.25) is 5.91 Å². The topological polar surface area (TPSA) is 108 Å². The molecule has 0 aliphatic carbocycles. The number of thiazole rings is 1. The number of amides is 1. The zero-order chi connectivity index (χ0) is 23.1. The van der Waals surface area contributed by atoms with Crippen LogP contribution in [0.4, 0.5) is 5.69 Å². The third kappa shape index (κ3) is 3.76. The highest BCUT2D eigenvalue weighted by atomic mass is 32.1. The molecule has 0 saturated carbocycles. The molecule has 0 aliphatic heterocycles. The van der Waals surface area contributed by atoms with Gasteiger partial charge < -0.3 is 9.88 Å². The van der Waals surface area contributed by atoms with E-state index < -0.39 is 11.2 Å². The SMILES string of the molecule is Cn1c(=O)c2c(ncn2CCCC(=O)Nc2ccc(-c3cn4ccsc4n3)cc2)n(C)c1=O. The summed E-state index contributed by atoms with van der Waals surface area (Å²) in [5.41, 5.74) is 2.45. The number of aromatic nitrogens is 6. The normalized spacial score (nSPS) is 11.5. The van der Waals surface area contributed by atoms with Crippen molar-refractivity contribution in [1.29, 1.82) is 0 Å². The standard InChI is InChI=1S/C22H21N7O3S/c1-26-19-18(20(31)27(2)22(26)32)29(13-23-19)9-3-4-17(30)24-15-7-5-14(6-8-15)16-12-28-10-11-33-21(28)25-16/h5-8,10-13H,3-4,9H2,1-2H3,(H,24,30). The number of carbonyl (C=O) groups excluding carboxylic acids is 1. The van der Waals surface area contributed by atoms with Crippen molar-refractivity contribution in [3.63, 3.8) is 0 Å². The van der Waals surface area contributed by atoms with Crippen molar-refractivity contribution >= 4 is 39.1 Å². The van der Waals surface area contributed by atoms with E-state index in [4.69, 9.17) is 0 Å². The Morgan fingerprint density at radius 1 is 1.12 bits per heavy atom. The summed E-state index contributed by atoms with van der Waals surface area (Å²) in [5, 5.41) is 4.89. The number of rotatable bonds is 6. The van der Waals surface area contributed by atoms with Crippen LogP contribution in [0.25, 0.3) is 27.4 Å². The Morgan fingerprint density at radius 3 is 2.67 bits per heavy atom. The van der Waals surface area contributed by atoms with Crippen LogP contribution in [0, 0.1) is 0 Å². The predicted octanol–water partition coefficient (Wildman–Crippen LogP) is 2.23. The molecule has 4 heterocycles. The molecular formula is C22H21N7O3S. The maximum atomic E-state index is 12.5. The molecule has 1 aromatic carbocycles. The monoisotopic (exact) mass is 463 g/mol. The quantitative estimate of drug-likeness (QED) is 0.415. The molecule has 0 radical (unpaired) electrons. The second-order valence-corrected chi connectivity index (χ2v) is 8.64. The van der Waals surface area contributed by atoms with Crippen molar-refractivity contribution in [2.24, 2.45) is 14.1 Å². The number of nitrogens with one attached hydrogen (secondary N) is 1. The predicted molar refractivity (Wildman–Crippen MR) is 127 cm³/mol. The van der Waals surface area contributed by atoms with Crippen molar-refractivity contribution < 1.29 is 4.79 Å². The van der Waals surface area contributed by atoms with Crippen molar-refractivity contribution in [3.8, 4) is 11.3 Å². The van der Waals surface area contributed by atoms with Crippen LogP contribution in [0.3, 0.4) is 0 Å². The number of hydrogen-bond donors (Lipinski definition) is 1. The summed E-state index contributed by atoms with van der Waals surface area (Å²) in [6, 6.07) is 7.57. The Labute approximate surface area is 191 Å². The summed E-state index contributed by atoms with van der Waals surface area (Å²) >= 11 is 1.58. The van der Waals surface area contributed by atoms with E-state index in [0.29, 0.717) is 29.8 Å². The van der Waals surface area contributed by atoms with Crippen LogP contribution in [-0.2, 0) is 25.4 Å². The van der Waals surface area contributed by atoms with E-state index in [1.54, 1.807) is 23.0 Å². The first-order valence-electron chi connectivity index (χ1n) is 10.4. The molecule has 1 amide bonds. The zero-order valence-electron chi connectivity index (χ0n) is 18.1. The lowest BCUT2D eigenvalue weighted by atomic mass is 10.1. The van der Waals surface area contributed by atoms with Gasteiger partial charge in [-0.2, -0.15) is 0 Å². The smallest absolute Gasteiger partial charge is 0.326 e. The summed E-state index contributed by atoms with van der Waals surface area (Å²) in [6.07, 6.45) is 6.28. The van der Waals surface area contributed by atoms with Crippen LogP contribution in [0.15, 0.2) is 58.0 Å². The fourth-order valence-corrected chi connectivity index (χ4v) is 4.49. The lowest BCUT2D eigenvalue weighted by Gasteiger charge is -2.08. The van der Waals surface area contributed by atoms with E-state index in [1.807, 2.05) is 46.4 Å². The van der Waals surface area contributed by atoms with Gasteiger partial charge in [0.25, 0.3) is 5.56 Å². The molecule has 0 fully saturated rings. The molecule has 0 spiro atoms. The first-order valence-corrected chi connectivity index (χ1v) is 11.2. The maximum absolute atomic E-state index is 12.5. The number of carbonyl (C=O) groups is 1. The lowest BCUT2D eigenvalue weighted by Crippen LogP contribution is -2.37. The van der Waals surface area contributed by atoms with Crippen LogP contribution in [-0.4, -0.2) is 34.0 Å².